The minimum absolute atomic E-state index is 0.0648. The molecule has 1 unspecified atom stereocenters. The van der Waals surface area contributed by atoms with E-state index in [2.05, 4.69) is 16.9 Å². The zero-order valence-corrected chi connectivity index (χ0v) is 9.94. The Morgan fingerprint density at radius 1 is 1.69 bits per heavy atom. The first-order chi connectivity index (χ1) is 7.69. The van der Waals surface area contributed by atoms with Crippen LogP contribution in [-0.2, 0) is 11.3 Å². The van der Waals surface area contributed by atoms with Crippen LogP contribution in [0.2, 0.25) is 0 Å². The average molecular weight is 224 g/mol. The van der Waals surface area contributed by atoms with Crippen molar-refractivity contribution in [3.8, 4) is 0 Å². The molecule has 1 amide bonds. The average Bonchev–Trinajstić information content (AvgIpc) is 2.77. The van der Waals surface area contributed by atoms with E-state index in [1.165, 1.54) is 0 Å². The second-order valence-corrected chi connectivity index (χ2v) is 3.95. The van der Waals surface area contributed by atoms with E-state index in [9.17, 15) is 4.79 Å². The molecule has 0 radical (unpaired) electrons. The fraction of sp³-hybridized carbons (Fsp3) is 0.636. The zero-order chi connectivity index (χ0) is 12.0. The van der Waals surface area contributed by atoms with Crippen LogP contribution in [0.4, 0.5) is 0 Å². The van der Waals surface area contributed by atoms with Crippen LogP contribution < -0.4 is 5.73 Å². The lowest BCUT2D eigenvalue weighted by molar-refractivity contribution is -0.134. The summed E-state index contributed by atoms with van der Waals surface area (Å²) in [5.41, 5.74) is 5.60. The molecule has 0 aliphatic rings. The van der Waals surface area contributed by atoms with Crippen molar-refractivity contribution in [2.45, 2.75) is 26.3 Å². The zero-order valence-electron chi connectivity index (χ0n) is 9.94. The van der Waals surface area contributed by atoms with Crippen LogP contribution in [0.5, 0.6) is 0 Å². The molecule has 0 saturated heterocycles. The molecular weight excluding hydrogens is 204 g/mol. The van der Waals surface area contributed by atoms with Gasteiger partial charge in [0.05, 0.1) is 12.5 Å². The van der Waals surface area contributed by atoms with Crippen molar-refractivity contribution in [1.82, 2.24) is 14.9 Å². The van der Waals surface area contributed by atoms with Crippen LogP contribution in [0, 0.1) is 5.92 Å². The lowest BCUT2D eigenvalue weighted by atomic mass is 10.0. The predicted octanol–water partition coefficient (Wildman–Crippen LogP) is 0.743. The number of aromatic amines is 1. The Balaban J connectivity index is 2.52. The molecule has 1 rings (SSSR count). The summed E-state index contributed by atoms with van der Waals surface area (Å²) in [5.74, 6) is 0.828. The van der Waals surface area contributed by atoms with Gasteiger partial charge in [0.25, 0.3) is 0 Å². The fourth-order valence-electron chi connectivity index (χ4n) is 1.69. The molecule has 0 aliphatic carbocycles. The lowest BCUT2D eigenvalue weighted by Crippen LogP contribution is -2.36. The second kappa shape index (κ2) is 6.27. The van der Waals surface area contributed by atoms with E-state index in [4.69, 9.17) is 5.73 Å². The molecule has 0 fully saturated rings. The van der Waals surface area contributed by atoms with E-state index >= 15 is 0 Å². The van der Waals surface area contributed by atoms with Crippen LogP contribution in [0.1, 0.15) is 25.6 Å². The van der Waals surface area contributed by atoms with Crippen LogP contribution >= 0.6 is 0 Å². The summed E-state index contributed by atoms with van der Waals surface area (Å²) < 4.78 is 0. The van der Waals surface area contributed by atoms with Gasteiger partial charge >= 0.3 is 0 Å². The number of imidazole rings is 1. The quantitative estimate of drug-likeness (QED) is 0.748. The van der Waals surface area contributed by atoms with Gasteiger partial charge in [-0.1, -0.05) is 13.3 Å². The van der Waals surface area contributed by atoms with Gasteiger partial charge < -0.3 is 15.6 Å². The second-order valence-electron chi connectivity index (χ2n) is 3.95. The summed E-state index contributed by atoms with van der Waals surface area (Å²) >= 11 is 0. The molecule has 1 atom stereocenters. The fourth-order valence-corrected chi connectivity index (χ4v) is 1.69. The molecule has 3 N–H and O–H groups in total. The summed E-state index contributed by atoms with van der Waals surface area (Å²) in [6, 6.07) is 0. The molecular formula is C11H20N4O. The number of nitrogens with two attached hydrogens (primary N) is 1. The molecule has 1 heterocycles. The van der Waals surface area contributed by atoms with Gasteiger partial charge in [-0.25, -0.2) is 4.98 Å². The van der Waals surface area contributed by atoms with Crippen molar-refractivity contribution in [2.75, 3.05) is 13.6 Å². The highest BCUT2D eigenvalue weighted by Crippen LogP contribution is 2.09. The topological polar surface area (TPSA) is 75.0 Å². The standard InChI is InChI=1S/C11H20N4O/c1-3-4-9(7-12)11(16)15(2)8-10-13-5-6-14-10/h5-6,9H,3-4,7-8,12H2,1-2H3,(H,13,14). The van der Waals surface area contributed by atoms with E-state index in [-0.39, 0.29) is 11.8 Å². The van der Waals surface area contributed by atoms with Crippen LogP contribution in [-0.4, -0.2) is 34.4 Å². The molecule has 16 heavy (non-hydrogen) atoms. The molecule has 5 nitrogen and oxygen atoms in total. The first kappa shape index (κ1) is 12.7. The summed E-state index contributed by atoms with van der Waals surface area (Å²) in [4.78, 5) is 20.7. The van der Waals surface area contributed by atoms with Gasteiger partial charge in [-0.2, -0.15) is 0 Å². The van der Waals surface area contributed by atoms with Crippen molar-refractivity contribution in [2.24, 2.45) is 11.7 Å². The molecule has 5 heteroatoms. The van der Waals surface area contributed by atoms with Gasteiger partial charge in [-0.3, -0.25) is 4.79 Å². The number of nitrogens with one attached hydrogen (secondary N) is 1. The van der Waals surface area contributed by atoms with Gasteiger partial charge in [0, 0.05) is 26.0 Å². The number of carbonyl (C=O) groups excluding carboxylic acids is 1. The van der Waals surface area contributed by atoms with Gasteiger partial charge in [-0.15, -0.1) is 0 Å². The molecule has 1 aromatic heterocycles. The number of hydrogen-bond donors (Lipinski definition) is 2. The maximum absolute atomic E-state index is 12.0. The molecule has 0 spiro atoms. The van der Waals surface area contributed by atoms with E-state index in [0.717, 1.165) is 18.7 Å². The number of nitrogens with zero attached hydrogens (tertiary/aromatic N) is 2. The highest BCUT2D eigenvalue weighted by molar-refractivity contribution is 5.78. The van der Waals surface area contributed by atoms with Crippen molar-refractivity contribution in [3.63, 3.8) is 0 Å². The van der Waals surface area contributed by atoms with Crippen LogP contribution in [0.25, 0.3) is 0 Å². The van der Waals surface area contributed by atoms with Crippen molar-refractivity contribution in [3.05, 3.63) is 18.2 Å². The molecule has 0 saturated carbocycles. The van der Waals surface area contributed by atoms with E-state index in [0.29, 0.717) is 13.1 Å². The number of hydrogen-bond acceptors (Lipinski definition) is 3. The maximum Gasteiger partial charge on any atom is 0.227 e. The smallest absolute Gasteiger partial charge is 0.227 e. The summed E-state index contributed by atoms with van der Waals surface area (Å²) in [6.45, 7) is 2.98. The largest absolute Gasteiger partial charge is 0.347 e. The Morgan fingerprint density at radius 2 is 2.44 bits per heavy atom. The monoisotopic (exact) mass is 224 g/mol. The van der Waals surface area contributed by atoms with Gasteiger partial charge in [0.1, 0.15) is 5.82 Å². The molecule has 90 valence electrons. The number of aromatic nitrogens is 2. The normalized spacial score (nSPS) is 12.4. The molecule has 0 aliphatic heterocycles. The third kappa shape index (κ3) is 3.34. The Bertz CT molecular complexity index is 310. The van der Waals surface area contributed by atoms with Gasteiger partial charge in [0.2, 0.25) is 5.91 Å². The number of amides is 1. The predicted molar refractivity (Wildman–Crippen MR) is 62.5 cm³/mol. The third-order valence-corrected chi connectivity index (χ3v) is 2.59. The van der Waals surface area contributed by atoms with E-state index in [1.54, 1.807) is 24.3 Å². The van der Waals surface area contributed by atoms with Crippen molar-refractivity contribution in [1.29, 1.82) is 0 Å². The lowest BCUT2D eigenvalue weighted by Gasteiger charge is -2.21. The van der Waals surface area contributed by atoms with E-state index < -0.39 is 0 Å². The van der Waals surface area contributed by atoms with Crippen molar-refractivity contribution >= 4 is 5.91 Å². The minimum atomic E-state index is -0.0648. The first-order valence-electron chi connectivity index (χ1n) is 5.62. The summed E-state index contributed by atoms with van der Waals surface area (Å²) in [5, 5.41) is 0. The Morgan fingerprint density at radius 3 is 2.94 bits per heavy atom. The highest BCUT2D eigenvalue weighted by Gasteiger charge is 2.20. The van der Waals surface area contributed by atoms with Crippen LogP contribution in [0.3, 0.4) is 0 Å². The Kier molecular flexibility index (Phi) is 4.98. The first-order valence-corrected chi connectivity index (χ1v) is 5.62. The third-order valence-electron chi connectivity index (χ3n) is 2.59. The molecule has 0 aromatic carbocycles. The number of rotatable bonds is 6. The number of carbonyl (C=O) groups is 1. The molecule has 1 aromatic rings. The summed E-state index contributed by atoms with van der Waals surface area (Å²) in [7, 11) is 1.78. The van der Waals surface area contributed by atoms with Crippen LogP contribution in [0.15, 0.2) is 12.4 Å². The van der Waals surface area contributed by atoms with Crippen molar-refractivity contribution < 1.29 is 4.79 Å². The number of H-pyrrole nitrogens is 1. The summed E-state index contributed by atoms with van der Waals surface area (Å²) in [6.07, 6.45) is 5.25. The SMILES string of the molecule is CCCC(CN)C(=O)N(C)Cc1ncc[nH]1. The Hall–Kier alpha value is -1.36. The molecule has 0 bridgehead atoms. The maximum atomic E-state index is 12.0. The minimum Gasteiger partial charge on any atom is -0.347 e. The van der Waals surface area contributed by atoms with Gasteiger partial charge in [-0.05, 0) is 6.42 Å². The highest BCUT2D eigenvalue weighted by atomic mass is 16.2. The Labute approximate surface area is 96.0 Å². The van der Waals surface area contributed by atoms with Gasteiger partial charge in [0.15, 0.2) is 0 Å². The van der Waals surface area contributed by atoms with E-state index in [1.807, 2.05) is 0 Å².